The van der Waals surface area contributed by atoms with E-state index in [2.05, 4.69) is 10.3 Å². The van der Waals surface area contributed by atoms with E-state index in [1.165, 1.54) is 17.2 Å². The number of likely N-dealkylation sites (N-methyl/N-ethyl adjacent to an activating group) is 1. The van der Waals surface area contributed by atoms with E-state index in [0.717, 1.165) is 0 Å². The van der Waals surface area contributed by atoms with E-state index in [-0.39, 0.29) is 29.5 Å². The van der Waals surface area contributed by atoms with Gasteiger partial charge in [-0.25, -0.2) is 9.78 Å². The molecule has 0 saturated heterocycles. The summed E-state index contributed by atoms with van der Waals surface area (Å²) in [4.78, 5) is 27.9. The van der Waals surface area contributed by atoms with Gasteiger partial charge in [-0.15, -0.1) is 0 Å². The van der Waals surface area contributed by atoms with Crippen LogP contribution in [0, 0.1) is 0 Å². The van der Waals surface area contributed by atoms with Crippen LogP contribution in [0.5, 0.6) is 0 Å². The first kappa shape index (κ1) is 13.8. The second-order valence-corrected chi connectivity index (χ2v) is 3.69. The second-order valence-electron chi connectivity index (χ2n) is 3.69. The summed E-state index contributed by atoms with van der Waals surface area (Å²) in [6.07, 6.45) is 1.33. The minimum Gasteiger partial charge on any atom is -0.478 e. The van der Waals surface area contributed by atoms with Gasteiger partial charge in [0.25, 0.3) is 0 Å². The molecule has 1 aromatic rings. The average molecular weight is 252 g/mol. The van der Waals surface area contributed by atoms with Crippen LogP contribution in [0.4, 0.5) is 11.5 Å². The highest BCUT2D eigenvalue weighted by Gasteiger charge is 2.13. The number of carboxylic acid groups (broad SMARTS) is 1. The number of rotatable bonds is 5. The number of hydrogen-bond donors (Lipinski definition) is 3. The number of hydrogen-bond acceptors (Lipinski definition) is 5. The first-order chi connectivity index (χ1) is 8.47. The lowest BCUT2D eigenvalue weighted by Crippen LogP contribution is -2.32. The Morgan fingerprint density at radius 1 is 1.56 bits per heavy atom. The van der Waals surface area contributed by atoms with Crippen LogP contribution >= 0.6 is 0 Å². The van der Waals surface area contributed by atoms with Crippen LogP contribution in [-0.2, 0) is 4.79 Å². The zero-order chi connectivity index (χ0) is 13.7. The van der Waals surface area contributed by atoms with Gasteiger partial charge < -0.3 is 21.1 Å². The number of aromatic nitrogens is 1. The molecule has 0 unspecified atom stereocenters. The molecule has 1 aromatic heterocycles. The minimum absolute atomic E-state index is 0.0185. The number of nitrogens with zero attached hydrogens (tertiary/aromatic N) is 2. The lowest BCUT2D eigenvalue weighted by Gasteiger charge is -2.15. The third-order valence-corrected chi connectivity index (χ3v) is 2.53. The fourth-order valence-corrected chi connectivity index (χ4v) is 1.27. The van der Waals surface area contributed by atoms with Crippen LogP contribution in [0.25, 0.3) is 0 Å². The Balaban J connectivity index is 2.77. The van der Waals surface area contributed by atoms with Gasteiger partial charge in [0.1, 0.15) is 5.82 Å². The van der Waals surface area contributed by atoms with Crippen molar-refractivity contribution in [1.82, 2.24) is 9.88 Å². The fourth-order valence-electron chi connectivity index (χ4n) is 1.27. The van der Waals surface area contributed by atoms with E-state index in [0.29, 0.717) is 6.54 Å². The molecule has 0 aromatic carbocycles. The third kappa shape index (κ3) is 3.09. The maximum Gasteiger partial charge on any atom is 0.337 e. The van der Waals surface area contributed by atoms with Gasteiger partial charge in [0.15, 0.2) is 0 Å². The summed E-state index contributed by atoms with van der Waals surface area (Å²) in [5.41, 5.74) is 5.64. The number of nitrogens with two attached hydrogens (primary N) is 1. The molecule has 7 heteroatoms. The normalized spacial score (nSPS) is 9.89. The van der Waals surface area contributed by atoms with Crippen molar-refractivity contribution in [2.24, 2.45) is 0 Å². The van der Waals surface area contributed by atoms with Crippen molar-refractivity contribution in [3.63, 3.8) is 0 Å². The number of carbonyl (C=O) groups is 2. The fraction of sp³-hybridized carbons (Fsp3) is 0.364. The smallest absolute Gasteiger partial charge is 0.337 e. The van der Waals surface area contributed by atoms with Gasteiger partial charge in [0.2, 0.25) is 5.91 Å². The zero-order valence-electron chi connectivity index (χ0n) is 10.3. The van der Waals surface area contributed by atoms with E-state index in [1.807, 2.05) is 6.92 Å². The number of nitrogens with one attached hydrogen (secondary N) is 1. The summed E-state index contributed by atoms with van der Waals surface area (Å²) in [6, 6.07) is 1.31. The molecule has 0 aliphatic carbocycles. The van der Waals surface area contributed by atoms with E-state index < -0.39 is 5.97 Å². The number of pyridine rings is 1. The average Bonchev–Trinajstić information content (AvgIpc) is 2.35. The summed E-state index contributed by atoms with van der Waals surface area (Å²) in [5, 5.41) is 11.6. The van der Waals surface area contributed by atoms with Crippen molar-refractivity contribution < 1.29 is 14.7 Å². The van der Waals surface area contributed by atoms with Crippen molar-refractivity contribution in [3.05, 3.63) is 17.8 Å². The molecule has 98 valence electrons. The Labute approximate surface area is 105 Å². The highest BCUT2D eigenvalue weighted by Crippen LogP contribution is 2.19. The van der Waals surface area contributed by atoms with Crippen molar-refractivity contribution in [2.75, 3.05) is 31.2 Å². The Kier molecular flexibility index (Phi) is 4.47. The largest absolute Gasteiger partial charge is 0.478 e. The van der Waals surface area contributed by atoms with Crippen molar-refractivity contribution >= 4 is 23.4 Å². The summed E-state index contributed by atoms with van der Waals surface area (Å²) in [7, 11) is 1.68. The Hall–Kier alpha value is -2.31. The highest BCUT2D eigenvalue weighted by molar-refractivity contribution is 5.96. The minimum atomic E-state index is -1.13. The van der Waals surface area contributed by atoms with Gasteiger partial charge in [-0.3, -0.25) is 4.79 Å². The molecule has 0 fully saturated rings. The molecular formula is C11H16N4O3. The Bertz CT molecular complexity index is 462. The van der Waals surface area contributed by atoms with Crippen molar-refractivity contribution in [3.8, 4) is 0 Å². The van der Waals surface area contributed by atoms with E-state index >= 15 is 0 Å². The monoisotopic (exact) mass is 252 g/mol. The molecule has 0 spiro atoms. The molecule has 0 saturated carbocycles. The maximum atomic E-state index is 11.6. The summed E-state index contributed by atoms with van der Waals surface area (Å²) >= 11 is 0. The summed E-state index contributed by atoms with van der Waals surface area (Å²) in [6.45, 7) is 2.47. The number of amides is 1. The molecule has 1 heterocycles. The van der Waals surface area contributed by atoms with Crippen LogP contribution in [0.1, 0.15) is 17.3 Å². The van der Waals surface area contributed by atoms with Crippen molar-refractivity contribution in [1.29, 1.82) is 0 Å². The van der Waals surface area contributed by atoms with Crippen LogP contribution in [0.15, 0.2) is 12.3 Å². The van der Waals surface area contributed by atoms with Gasteiger partial charge >= 0.3 is 5.97 Å². The quantitative estimate of drug-likeness (QED) is 0.693. The second kappa shape index (κ2) is 5.85. The van der Waals surface area contributed by atoms with Crippen LogP contribution in [-0.4, -0.2) is 47.0 Å². The molecule has 1 rings (SSSR count). The molecular weight excluding hydrogens is 236 g/mol. The van der Waals surface area contributed by atoms with Crippen LogP contribution < -0.4 is 11.1 Å². The zero-order valence-corrected chi connectivity index (χ0v) is 10.3. The van der Waals surface area contributed by atoms with E-state index in [1.54, 1.807) is 7.05 Å². The maximum absolute atomic E-state index is 11.6. The highest BCUT2D eigenvalue weighted by atomic mass is 16.4. The molecule has 0 aliphatic heterocycles. The number of carboxylic acids is 1. The van der Waals surface area contributed by atoms with Gasteiger partial charge in [-0.1, -0.05) is 0 Å². The molecule has 18 heavy (non-hydrogen) atoms. The van der Waals surface area contributed by atoms with Gasteiger partial charge in [0, 0.05) is 19.8 Å². The topological polar surface area (TPSA) is 109 Å². The van der Waals surface area contributed by atoms with E-state index in [4.69, 9.17) is 10.8 Å². The molecule has 0 bridgehead atoms. The van der Waals surface area contributed by atoms with Crippen molar-refractivity contribution in [2.45, 2.75) is 6.92 Å². The van der Waals surface area contributed by atoms with Gasteiger partial charge in [0.05, 0.1) is 17.8 Å². The molecule has 1 amide bonds. The van der Waals surface area contributed by atoms with Gasteiger partial charge in [-0.05, 0) is 13.0 Å². The molecule has 0 aliphatic rings. The van der Waals surface area contributed by atoms with E-state index in [9.17, 15) is 9.59 Å². The molecule has 4 N–H and O–H groups in total. The molecule has 0 radical (unpaired) electrons. The lowest BCUT2D eigenvalue weighted by molar-refractivity contribution is -0.127. The Morgan fingerprint density at radius 2 is 2.22 bits per heavy atom. The first-order valence-electron chi connectivity index (χ1n) is 5.43. The standard InChI is InChI=1S/C11H16N4O3/c1-3-15(2)8(16)6-14-10-9(12)7(11(17)18)4-5-13-10/h4-5H,3,6,12H2,1-2H3,(H,13,14)(H,17,18). The SMILES string of the molecule is CCN(C)C(=O)CNc1nccc(C(=O)O)c1N. The summed E-state index contributed by atoms with van der Waals surface area (Å²) < 4.78 is 0. The lowest BCUT2D eigenvalue weighted by atomic mass is 10.2. The number of nitrogen functional groups attached to an aromatic ring is 1. The predicted octanol–water partition coefficient (Wildman–Crippen LogP) is 0.252. The molecule has 7 nitrogen and oxygen atoms in total. The number of carbonyl (C=O) groups excluding carboxylic acids is 1. The Morgan fingerprint density at radius 3 is 2.78 bits per heavy atom. The van der Waals surface area contributed by atoms with Crippen LogP contribution in [0.2, 0.25) is 0 Å². The molecule has 0 atom stereocenters. The number of anilines is 2. The first-order valence-corrected chi connectivity index (χ1v) is 5.43. The third-order valence-electron chi connectivity index (χ3n) is 2.53. The summed E-state index contributed by atoms with van der Waals surface area (Å²) in [5.74, 6) is -1.05. The van der Waals surface area contributed by atoms with Crippen LogP contribution in [0.3, 0.4) is 0 Å². The number of aromatic carboxylic acids is 1. The predicted molar refractivity (Wildman–Crippen MR) is 67.4 cm³/mol. The van der Waals surface area contributed by atoms with Gasteiger partial charge in [-0.2, -0.15) is 0 Å².